The smallest absolute Gasteiger partial charge is 0.326 e. The van der Waals surface area contributed by atoms with Crippen molar-refractivity contribution in [2.45, 2.75) is 91.9 Å². The predicted octanol–water partition coefficient (Wildman–Crippen LogP) is 1.01. The number of aliphatic carboxylic acids is 1. The van der Waals surface area contributed by atoms with Gasteiger partial charge in [-0.15, -0.1) is 0 Å². The number of nitrogens with one attached hydrogen (secondary N) is 3. The van der Waals surface area contributed by atoms with Crippen LogP contribution in [0.1, 0.15) is 67.7 Å². The normalized spacial score (nSPS) is 17.2. The molecular formula is C21H40N4O5. The number of hydrogen-bond acceptors (Lipinski definition) is 5. The molecule has 6 atom stereocenters. The molecule has 0 saturated heterocycles. The Morgan fingerprint density at radius 2 is 1.17 bits per heavy atom. The Hall–Kier alpha value is -2.16. The molecule has 6 unspecified atom stereocenters. The van der Waals surface area contributed by atoms with Crippen LogP contribution in [0, 0.1) is 17.8 Å². The molecule has 0 aliphatic heterocycles. The highest BCUT2D eigenvalue weighted by molar-refractivity contribution is 5.94. The third-order valence-corrected chi connectivity index (χ3v) is 5.32. The van der Waals surface area contributed by atoms with E-state index in [9.17, 15) is 24.3 Å². The molecular weight excluding hydrogens is 388 g/mol. The zero-order valence-electron chi connectivity index (χ0n) is 19.3. The lowest BCUT2D eigenvalue weighted by molar-refractivity contribution is -0.143. The van der Waals surface area contributed by atoms with E-state index in [0.717, 1.165) is 0 Å². The fraction of sp³-hybridized carbons (Fsp3) is 0.810. The number of carboxylic acid groups (broad SMARTS) is 1. The van der Waals surface area contributed by atoms with Gasteiger partial charge in [-0.2, -0.15) is 0 Å². The van der Waals surface area contributed by atoms with Gasteiger partial charge < -0.3 is 26.8 Å². The second kappa shape index (κ2) is 13.2. The molecule has 0 aromatic carbocycles. The van der Waals surface area contributed by atoms with E-state index in [1.54, 1.807) is 0 Å². The molecule has 0 aromatic rings. The summed E-state index contributed by atoms with van der Waals surface area (Å²) in [4.78, 5) is 49.4. The van der Waals surface area contributed by atoms with Crippen molar-refractivity contribution in [2.24, 2.45) is 23.5 Å². The Bertz CT molecular complexity index is 594. The Morgan fingerprint density at radius 3 is 1.50 bits per heavy atom. The molecule has 174 valence electrons. The van der Waals surface area contributed by atoms with Crippen LogP contribution in [0.5, 0.6) is 0 Å². The number of carboxylic acids is 1. The number of rotatable bonds is 13. The average Bonchev–Trinajstić information content (AvgIpc) is 2.67. The van der Waals surface area contributed by atoms with Crippen molar-refractivity contribution in [1.29, 1.82) is 0 Å². The summed E-state index contributed by atoms with van der Waals surface area (Å²) in [6.07, 6.45) is 1.51. The number of amides is 3. The largest absolute Gasteiger partial charge is 0.480 e. The van der Waals surface area contributed by atoms with E-state index in [0.29, 0.717) is 12.8 Å². The maximum absolute atomic E-state index is 13.0. The summed E-state index contributed by atoms with van der Waals surface area (Å²) in [7, 11) is 0. The molecule has 0 radical (unpaired) electrons. The molecule has 0 rings (SSSR count). The highest BCUT2D eigenvalue weighted by Crippen LogP contribution is 2.13. The third-order valence-electron chi connectivity index (χ3n) is 5.32. The standard InChI is InChI=1S/C21H40N4O5/c1-8-12(5)16(19(27)23-15(21(29)30)10-11(3)4)25-20(28)17(13(6)9-2)24-18(26)14(7)22/h11-17H,8-10,22H2,1-7H3,(H,23,27)(H,24,26)(H,25,28)(H,29,30). The van der Waals surface area contributed by atoms with E-state index in [4.69, 9.17) is 5.73 Å². The topological polar surface area (TPSA) is 151 Å². The number of hydrogen-bond donors (Lipinski definition) is 5. The molecule has 9 nitrogen and oxygen atoms in total. The Labute approximate surface area is 179 Å². The minimum absolute atomic E-state index is 0.0753. The van der Waals surface area contributed by atoms with Crippen molar-refractivity contribution in [3.05, 3.63) is 0 Å². The van der Waals surface area contributed by atoms with Crippen LogP contribution in [0.15, 0.2) is 0 Å². The molecule has 0 aliphatic rings. The molecule has 0 bridgehead atoms. The first-order valence-corrected chi connectivity index (χ1v) is 10.7. The first kappa shape index (κ1) is 27.8. The number of nitrogens with two attached hydrogens (primary N) is 1. The van der Waals surface area contributed by atoms with Crippen LogP contribution in [-0.2, 0) is 19.2 Å². The van der Waals surface area contributed by atoms with Gasteiger partial charge in [-0.1, -0.05) is 54.4 Å². The average molecular weight is 429 g/mol. The summed E-state index contributed by atoms with van der Waals surface area (Å²) in [5.74, 6) is -2.95. The van der Waals surface area contributed by atoms with Crippen LogP contribution in [0.2, 0.25) is 0 Å². The molecule has 0 aromatic heterocycles. The van der Waals surface area contributed by atoms with Crippen LogP contribution in [0.3, 0.4) is 0 Å². The summed E-state index contributed by atoms with van der Waals surface area (Å²) >= 11 is 0. The van der Waals surface area contributed by atoms with E-state index in [1.165, 1.54) is 6.92 Å². The van der Waals surface area contributed by atoms with Gasteiger partial charge in [0.05, 0.1) is 6.04 Å². The van der Waals surface area contributed by atoms with Gasteiger partial charge >= 0.3 is 5.97 Å². The Balaban J connectivity index is 5.54. The number of carbonyl (C=O) groups excluding carboxylic acids is 3. The van der Waals surface area contributed by atoms with Gasteiger partial charge in [0.25, 0.3) is 0 Å². The fourth-order valence-corrected chi connectivity index (χ4v) is 2.89. The molecule has 3 amide bonds. The van der Waals surface area contributed by atoms with Gasteiger partial charge in [-0.05, 0) is 31.1 Å². The van der Waals surface area contributed by atoms with E-state index < -0.39 is 47.9 Å². The lowest BCUT2D eigenvalue weighted by Gasteiger charge is -2.30. The SMILES string of the molecule is CCC(C)C(NC(=O)C(C)N)C(=O)NC(C(=O)NC(CC(C)C)C(=O)O)C(C)CC. The summed E-state index contributed by atoms with van der Waals surface area (Å²) in [6, 6.07) is -3.58. The van der Waals surface area contributed by atoms with E-state index in [-0.39, 0.29) is 24.2 Å². The van der Waals surface area contributed by atoms with Gasteiger partial charge in [0, 0.05) is 0 Å². The van der Waals surface area contributed by atoms with Gasteiger partial charge in [-0.3, -0.25) is 14.4 Å². The van der Waals surface area contributed by atoms with E-state index in [2.05, 4.69) is 16.0 Å². The van der Waals surface area contributed by atoms with Crippen molar-refractivity contribution >= 4 is 23.7 Å². The monoisotopic (exact) mass is 428 g/mol. The zero-order chi connectivity index (χ0) is 23.6. The highest BCUT2D eigenvalue weighted by atomic mass is 16.4. The molecule has 0 saturated carbocycles. The minimum Gasteiger partial charge on any atom is -0.480 e. The second-order valence-corrected chi connectivity index (χ2v) is 8.56. The summed E-state index contributed by atoms with van der Waals surface area (Å²) in [5.41, 5.74) is 5.60. The Morgan fingerprint density at radius 1 is 0.767 bits per heavy atom. The van der Waals surface area contributed by atoms with Gasteiger partial charge in [0.2, 0.25) is 17.7 Å². The van der Waals surface area contributed by atoms with Crippen molar-refractivity contribution in [3.8, 4) is 0 Å². The maximum Gasteiger partial charge on any atom is 0.326 e. The van der Waals surface area contributed by atoms with Crippen LogP contribution >= 0.6 is 0 Å². The molecule has 9 heteroatoms. The zero-order valence-corrected chi connectivity index (χ0v) is 19.3. The second-order valence-electron chi connectivity index (χ2n) is 8.56. The lowest BCUT2D eigenvalue weighted by atomic mass is 9.94. The predicted molar refractivity (Wildman–Crippen MR) is 115 cm³/mol. The quantitative estimate of drug-likeness (QED) is 0.295. The molecule has 0 spiro atoms. The summed E-state index contributed by atoms with van der Waals surface area (Å²) < 4.78 is 0. The van der Waals surface area contributed by atoms with Crippen molar-refractivity contribution < 1.29 is 24.3 Å². The number of carbonyl (C=O) groups is 4. The first-order chi connectivity index (χ1) is 13.8. The van der Waals surface area contributed by atoms with Crippen LogP contribution in [0.4, 0.5) is 0 Å². The fourth-order valence-electron chi connectivity index (χ4n) is 2.89. The summed E-state index contributed by atoms with van der Waals surface area (Å²) in [5, 5.41) is 17.3. The van der Waals surface area contributed by atoms with E-state index >= 15 is 0 Å². The van der Waals surface area contributed by atoms with Crippen LogP contribution < -0.4 is 21.7 Å². The van der Waals surface area contributed by atoms with E-state index in [1.807, 2.05) is 41.5 Å². The van der Waals surface area contributed by atoms with Gasteiger partial charge in [0.1, 0.15) is 18.1 Å². The molecule has 0 heterocycles. The first-order valence-electron chi connectivity index (χ1n) is 10.7. The molecule has 0 aliphatic carbocycles. The van der Waals surface area contributed by atoms with Gasteiger partial charge in [0.15, 0.2) is 0 Å². The Kier molecular flexibility index (Phi) is 12.3. The lowest BCUT2D eigenvalue weighted by Crippen LogP contribution is -2.59. The highest BCUT2D eigenvalue weighted by Gasteiger charge is 2.34. The van der Waals surface area contributed by atoms with Crippen molar-refractivity contribution in [2.75, 3.05) is 0 Å². The van der Waals surface area contributed by atoms with Crippen LogP contribution in [0.25, 0.3) is 0 Å². The molecule has 30 heavy (non-hydrogen) atoms. The summed E-state index contributed by atoms with van der Waals surface area (Å²) in [6.45, 7) is 12.7. The minimum atomic E-state index is -1.12. The van der Waals surface area contributed by atoms with Crippen molar-refractivity contribution in [1.82, 2.24) is 16.0 Å². The maximum atomic E-state index is 13.0. The van der Waals surface area contributed by atoms with Crippen LogP contribution in [-0.4, -0.2) is 53.0 Å². The van der Waals surface area contributed by atoms with Crippen molar-refractivity contribution in [3.63, 3.8) is 0 Å². The van der Waals surface area contributed by atoms with Gasteiger partial charge in [-0.25, -0.2) is 4.79 Å². The molecule has 0 fully saturated rings. The third kappa shape index (κ3) is 9.11. The molecule has 6 N–H and O–H groups in total.